The fourth-order valence-corrected chi connectivity index (χ4v) is 4.82. The van der Waals surface area contributed by atoms with E-state index in [0.717, 1.165) is 29.7 Å². The molecule has 1 saturated heterocycles. The molecule has 4 rings (SSSR count). The summed E-state index contributed by atoms with van der Waals surface area (Å²) >= 11 is 2.19. The average molecular weight is 438 g/mol. The van der Waals surface area contributed by atoms with Crippen LogP contribution in [0.1, 0.15) is 25.1 Å². The second-order valence-electron chi connectivity index (χ2n) is 7.63. The topological polar surface area (TPSA) is 50.2 Å². The van der Waals surface area contributed by atoms with Crippen LogP contribution in [0.3, 0.4) is 0 Å². The average Bonchev–Trinajstić information content (AvgIpc) is 2.88. The normalized spacial score (nSPS) is 25.8. The smallest absolute Gasteiger partial charge is 0.235 e. The molecule has 24 heavy (non-hydrogen) atoms. The lowest BCUT2D eigenvalue weighted by Crippen LogP contribution is -2.41. The molecule has 2 fully saturated rings. The number of amides is 1. The van der Waals surface area contributed by atoms with Crippen molar-refractivity contribution in [3.05, 3.63) is 29.5 Å². The number of nitrogens with zero attached hydrogens (tertiary/aromatic N) is 3. The summed E-state index contributed by atoms with van der Waals surface area (Å²) in [6.07, 6.45) is 0. The maximum Gasteiger partial charge on any atom is 0.235 e. The van der Waals surface area contributed by atoms with Crippen LogP contribution in [0.25, 0.3) is 10.9 Å². The fraction of sp³-hybridized carbons (Fsp3) is 0.556. The van der Waals surface area contributed by atoms with Crippen LogP contribution in [0, 0.1) is 24.7 Å². The molecule has 0 unspecified atom stereocenters. The van der Waals surface area contributed by atoms with Gasteiger partial charge in [0.15, 0.2) is 0 Å². The van der Waals surface area contributed by atoms with E-state index in [1.54, 1.807) is 0 Å². The van der Waals surface area contributed by atoms with Crippen LogP contribution in [0.5, 0.6) is 0 Å². The molecule has 1 aliphatic heterocycles. The standard InChI is InChI=1S/C18H23IN4O/c1-10-6-5-7-11-15(10)22(4)21-16(11)18(2,3)23(19)17(24)14-12-8-20-9-13(12)14/h5-7,12-14,20H,8-9H2,1-4H3/t12-,13+,14+. The molecule has 1 saturated carbocycles. The summed E-state index contributed by atoms with van der Waals surface area (Å²) in [5, 5.41) is 9.28. The SMILES string of the molecule is Cc1cccc2c(C(C)(C)N(I)C(=O)[C@H]3[C@@H]4CNC[C@@H]43)nn(C)c12. The lowest BCUT2D eigenvalue weighted by Gasteiger charge is -2.33. The number of aromatic nitrogens is 2. The summed E-state index contributed by atoms with van der Waals surface area (Å²) < 4.78 is 3.82. The van der Waals surface area contributed by atoms with E-state index in [1.165, 1.54) is 5.56 Å². The highest BCUT2D eigenvalue weighted by Gasteiger charge is 2.59. The minimum absolute atomic E-state index is 0.194. The Kier molecular flexibility index (Phi) is 3.69. The van der Waals surface area contributed by atoms with Gasteiger partial charge in [-0.2, -0.15) is 5.10 Å². The molecule has 2 aromatic rings. The first kappa shape index (κ1) is 16.3. The molecule has 1 N–H and O–H groups in total. The van der Waals surface area contributed by atoms with Crippen LogP contribution in [0.4, 0.5) is 0 Å². The van der Waals surface area contributed by atoms with E-state index in [-0.39, 0.29) is 11.8 Å². The summed E-state index contributed by atoms with van der Waals surface area (Å²) in [4.78, 5) is 13.0. The number of carbonyl (C=O) groups excluding carboxylic acids is 1. The Labute approximate surface area is 156 Å². The summed E-state index contributed by atoms with van der Waals surface area (Å²) in [6.45, 7) is 8.26. The quantitative estimate of drug-likeness (QED) is 0.593. The number of halogens is 1. The van der Waals surface area contributed by atoms with Crippen LogP contribution in [0.15, 0.2) is 18.2 Å². The van der Waals surface area contributed by atoms with Crippen molar-refractivity contribution in [1.82, 2.24) is 18.2 Å². The van der Waals surface area contributed by atoms with Crippen molar-refractivity contribution in [2.45, 2.75) is 26.3 Å². The molecule has 2 heterocycles. The van der Waals surface area contributed by atoms with Crippen LogP contribution < -0.4 is 5.32 Å². The monoisotopic (exact) mass is 438 g/mol. The number of nitrogens with one attached hydrogen (secondary N) is 1. The molecule has 1 amide bonds. The van der Waals surface area contributed by atoms with Crippen LogP contribution in [0.2, 0.25) is 0 Å². The van der Waals surface area contributed by atoms with E-state index in [2.05, 4.69) is 67.2 Å². The Balaban J connectivity index is 1.70. The van der Waals surface area contributed by atoms with Crippen molar-refractivity contribution >= 4 is 39.7 Å². The van der Waals surface area contributed by atoms with Gasteiger partial charge in [0.2, 0.25) is 5.91 Å². The molecule has 1 aromatic heterocycles. The molecule has 2 aliphatic rings. The van der Waals surface area contributed by atoms with Gasteiger partial charge in [0, 0.05) is 18.4 Å². The Bertz CT molecular complexity index is 818. The first-order valence-electron chi connectivity index (χ1n) is 8.47. The second-order valence-corrected chi connectivity index (χ2v) is 8.60. The Morgan fingerprint density at radius 1 is 1.38 bits per heavy atom. The number of para-hydroxylation sites is 1. The number of rotatable bonds is 3. The zero-order chi connectivity index (χ0) is 17.2. The van der Waals surface area contributed by atoms with Gasteiger partial charge in [0.05, 0.1) is 39.6 Å². The van der Waals surface area contributed by atoms with E-state index >= 15 is 0 Å². The van der Waals surface area contributed by atoms with Gasteiger partial charge in [-0.15, -0.1) is 0 Å². The van der Waals surface area contributed by atoms with Crippen LogP contribution in [-0.4, -0.2) is 31.9 Å². The molecule has 3 atom stereocenters. The number of aryl methyl sites for hydroxylation is 2. The highest BCUT2D eigenvalue weighted by Crippen LogP contribution is 2.51. The molecular weight excluding hydrogens is 415 g/mol. The molecule has 1 aliphatic carbocycles. The van der Waals surface area contributed by atoms with E-state index < -0.39 is 5.54 Å². The lowest BCUT2D eigenvalue weighted by atomic mass is 9.96. The number of carbonyl (C=O) groups is 1. The second kappa shape index (κ2) is 5.42. The Hall–Kier alpha value is -1.15. The number of piperidine rings is 1. The summed E-state index contributed by atoms with van der Waals surface area (Å²) in [5.41, 5.74) is 2.87. The molecule has 5 nitrogen and oxygen atoms in total. The predicted molar refractivity (Wildman–Crippen MR) is 103 cm³/mol. The number of hydrogen-bond donors (Lipinski definition) is 1. The number of fused-ring (bicyclic) bond motifs is 2. The van der Waals surface area contributed by atoms with Crippen molar-refractivity contribution in [1.29, 1.82) is 0 Å². The summed E-state index contributed by atoms with van der Waals surface area (Å²) in [6, 6.07) is 6.28. The van der Waals surface area contributed by atoms with E-state index in [0.29, 0.717) is 11.8 Å². The van der Waals surface area contributed by atoms with E-state index in [4.69, 9.17) is 5.10 Å². The van der Waals surface area contributed by atoms with Crippen molar-refractivity contribution in [3.63, 3.8) is 0 Å². The minimum Gasteiger partial charge on any atom is -0.316 e. The van der Waals surface area contributed by atoms with Gasteiger partial charge < -0.3 is 5.32 Å². The van der Waals surface area contributed by atoms with Gasteiger partial charge in [0.1, 0.15) is 0 Å². The third-order valence-corrected chi connectivity index (χ3v) is 7.39. The van der Waals surface area contributed by atoms with Gasteiger partial charge in [-0.25, -0.2) is 0 Å². The summed E-state index contributed by atoms with van der Waals surface area (Å²) in [5.74, 6) is 1.52. The highest BCUT2D eigenvalue weighted by molar-refractivity contribution is 14.1. The lowest BCUT2D eigenvalue weighted by molar-refractivity contribution is -0.130. The van der Waals surface area contributed by atoms with Gasteiger partial charge in [-0.3, -0.25) is 12.6 Å². The third-order valence-electron chi connectivity index (χ3n) is 5.71. The zero-order valence-corrected chi connectivity index (χ0v) is 16.7. The van der Waals surface area contributed by atoms with Gasteiger partial charge in [0.25, 0.3) is 0 Å². The third kappa shape index (κ3) is 2.22. The van der Waals surface area contributed by atoms with Crippen molar-refractivity contribution < 1.29 is 4.79 Å². The predicted octanol–water partition coefficient (Wildman–Crippen LogP) is 2.76. The van der Waals surface area contributed by atoms with Crippen molar-refractivity contribution in [2.75, 3.05) is 13.1 Å². The Morgan fingerprint density at radius 3 is 2.71 bits per heavy atom. The maximum absolute atomic E-state index is 13.0. The number of benzene rings is 1. The Morgan fingerprint density at radius 2 is 2.04 bits per heavy atom. The zero-order valence-electron chi connectivity index (χ0n) is 14.5. The molecule has 128 valence electrons. The maximum atomic E-state index is 13.0. The van der Waals surface area contributed by atoms with E-state index in [1.807, 2.05) is 14.8 Å². The molecular formula is C18H23IN4O. The van der Waals surface area contributed by atoms with Crippen molar-refractivity contribution in [3.8, 4) is 0 Å². The summed E-state index contributed by atoms with van der Waals surface area (Å²) in [7, 11) is 1.98. The van der Waals surface area contributed by atoms with Gasteiger partial charge >= 0.3 is 0 Å². The first-order chi connectivity index (χ1) is 11.3. The molecule has 6 heteroatoms. The van der Waals surface area contributed by atoms with Crippen LogP contribution in [-0.2, 0) is 17.4 Å². The van der Waals surface area contributed by atoms with Crippen molar-refractivity contribution in [2.24, 2.45) is 24.8 Å². The fourth-order valence-electron chi connectivity index (χ4n) is 4.27. The molecule has 0 spiro atoms. The van der Waals surface area contributed by atoms with Crippen LogP contribution >= 0.6 is 22.9 Å². The minimum atomic E-state index is -0.449. The number of hydrogen-bond acceptors (Lipinski definition) is 3. The van der Waals surface area contributed by atoms with Gasteiger partial charge in [-0.05, 0) is 51.3 Å². The first-order valence-corrected chi connectivity index (χ1v) is 9.44. The highest BCUT2D eigenvalue weighted by atomic mass is 127. The van der Waals surface area contributed by atoms with Gasteiger partial charge in [-0.1, -0.05) is 18.2 Å². The molecule has 0 bridgehead atoms. The molecule has 1 aromatic carbocycles. The largest absolute Gasteiger partial charge is 0.316 e. The molecule has 0 radical (unpaired) electrons. The van der Waals surface area contributed by atoms with E-state index in [9.17, 15) is 4.79 Å².